The van der Waals surface area contributed by atoms with Gasteiger partial charge in [0, 0.05) is 59.4 Å². The smallest absolute Gasteiger partial charge is 0.243 e. The monoisotopic (exact) mass is 688 g/mol. The van der Waals surface area contributed by atoms with Gasteiger partial charge in [-0.2, -0.15) is 0 Å². The molecule has 0 amide bonds. The first kappa shape index (κ1) is 33.0. The molecule has 250 valence electrons. The highest BCUT2D eigenvalue weighted by molar-refractivity contribution is 8.04. The van der Waals surface area contributed by atoms with Crippen LogP contribution in [-0.2, 0) is 33.3 Å². The van der Waals surface area contributed by atoms with E-state index >= 15 is 0 Å². The van der Waals surface area contributed by atoms with E-state index in [4.69, 9.17) is 18.9 Å². The number of carbonyl (C=O) groups is 5. The van der Waals surface area contributed by atoms with E-state index in [2.05, 4.69) is 0 Å². The minimum atomic E-state index is -0.472. The van der Waals surface area contributed by atoms with E-state index in [0.717, 1.165) is 31.2 Å². The molecule has 48 heavy (non-hydrogen) atoms. The molecule has 0 radical (unpaired) electrons. The predicted octanol–water partition coefficient (Wildman–Crippen LogP) is 6.34. The van der Waals surface area contributed by atoms with Crippen molar-refractivity contribution in [1.29, 1.82) is 0 Å². The van der Waals surface area contributed by atoms with Crippen LogP contribution < -0.4 is 0 Å². The van der Waals surface area contributed by atoms with E-state index in [9.17, 15) is 24.0 Å². The molecule has 7 aliphatic rings. The van der Waals surface area contributed by atoms with E-state index in [1.807, 2.05) is 24.3 Å². The molecule has 3 heterocycles. The molecule has 11 heteroatoms. The summed E-state index contributed by atoms with van der Waals surface area (Å²) in [6, 6.07) is 14.3. The average Bonchev–Trinajstić information content (AvgIpc) is 3.58. The summed E-state index contributed by atoms with van der Waals surface area (Å²) in [7, 11) is 0. The number of ether oxygens (including phenoxy) is 4. The topological polar surface area (TPSA) is 122 Å². The third kappa shape index (κ3) is 5.48. The molecule has 2 saturated carbocycles. The second-order valence-corrected chi connectivity index (χ2v) is 15.0. The van der Waals surface area contributed by atoms with Crippen LogP contribution in [-0.4, -0.2) is 70.6 Å². The highest BCUT2D eigenvalue weighted by atomic mass is 32.2. The molecular weight excluding hydrogens is 653 g/mol. The first-order valence-electron chi connectivity index (χ1n) is 16.0. The number of ketones is 5. The molecule has 4 aliphatic carbocycles. The lowest BCUT2D eigenvalue weighted by molar-refractivity contribution is -0.198. The minimum absolute atomic E-state index is 0. The van der Waals surface area contributed by atoms with Gasteiger partial charge in [0.25, 0.3) is 0 Å². The Morgan fingerprint density at radius 3 is 1.40 bits per heavy atom. The summed E-state index contributed by atoms with van der Waals surface area (Å²) < 4.78 is 24.3. The van der Waals surface area contributed by atoms with Crippen LogP contribution in [0.5, 0.6) is 0 Å². The van der Waals surface area contributed by atoms with Gasteiger partial charge in [-0.05, 0) is 25.7 Å². The molecular formula is C37H36O9S2. The minimum Gasteiger partial charge on any atom is -0.484 e. The van der Waals surface area contributed by atoms with Crippen LogP contribution in [0.25, 0.3) is 11.5 Å². The molecule has 0 bridgehead atoms. The Hall–Kier alpha value is -3.51. The number of allylic oxidation sites excluding steroid dienone is 2. The zero-order valence-corrected chi connectivity index (χ0v) is 27.2. The maximum absolute atomic E-state index is 12.4. The Bertz CT molecular complexity index is 1800. The number of thioether (sulfide) groups is 2. The zero-order valence-electron chi connectivity index (χ0n) is 25.6. The lowest BCUT2D eigenvalue weighted by atomic mass is 9.81. The molecule has 1 saturated heterocycles. The van der Waals surface area contributed by atoms with Gasteiger partial charge in [-0.15, -0.1) is 23.5 Å². The van der Waals surface area contributed by atoms with E-state index in [-0.39, 0.29) is 24.4 Å². The van der Waals surface area contributed by atoms with Gasteiger partial charge in [-0.3, -0.25) is 24.0 Å². The quantitative estimate of drug-likeness (QED) is 0.288. The highest BCUT2D eigenvalue weighted by Crippen LogP contribution is 2.52. The summed E-state index contributed by atoms with van der Waals surface area (Å²) in [6.07, 6.45) is 5.65. The fourth-order valence-corrected chi connectivity index (χ4v) is 9.90. The summed E-state index contributed by atoms with van der Waals surface area (Å²) in [5.74, 6) is 0.453. The van der Waals surface area contributed by atoms with Crippen molar-refractivity contribution in [3.05, 3.63) is 80.6 Å². The van der Waals surface area contributed by atoms with Crippen LogP contribution in [0.15, 0.2) is 58.3 Å². The first-order valence-corrected chi connectivity index (χ1v) is 18.0. The van der Waals surface area contributed by atoms with E-state index < -0.39 is 28.9 Å². The fourth-order valence-electron chi connectivity index (χ4n) is 7.37. The maximum Gasteiger partial charge on any atom is 0.243 e. The van der Waals surface area contributed by atoms with Crippen LogP contribution in [0.4, 0.5) is 0 Å². The van der Waals surface area contributed by atoms with E-state index in [0.29, 0.717) is 88.4 Å². The third-order valence-electron chi connectivity index (χ3n) is 10.1. The summed E-state index contributed by atoms with van der Waals surface area (Å²) in [5, 5.41) is 0. The predicted molar refractivity (Wildman–Crippen MR) is 181 cm³/mol. The van der Waals surface area contributed by atoms with Crippen LogP contribution in [0, 0.1) is 0 Å². The second kappa shape index (κ2) is 12.4. The number of benzene rings is 2. The number of hydrogen-bond acceptors (Lipinski definition) is 11. The molecule has 3 fully saturated rings. The summed E-state index contributed by atoms with van der Waals surface area (Å²) >= 11 is 2.86. The van der Waals surface area contributed by atoms with Crippen molar-refractivity contribution in [3.8, 4) is 0 Å². The van der Waals surface area contributed by atoms with Crippen molar-refractivity contribution in [2.75, 3.05) is 24.7 Å². The largest absolute Gasteiger partial charge is 0.484 e. The molecule has 3 aliphatic heterocycles. The number of Topliss-reactive ketones (excluding diaryl/α,β-unsaturated/α-hetero) is 5. The normalized spacial score (nSPS) is 24.5. The molecule has 0 atom stereocenters. The van der Waals surface area contributed by atoms with Crippen molar-refractivity contribution in [2.24, 2.45) is 0 Å². The van der Waals surface area contributed by atoms with Gasteiger partial charge in [-0.1, -0.05) is 56.0 Å². The second-order valence-electron chi connectivity index (χ2n) is 13.0. The Kier molecular flexibility index (Phi) is 8.55. The lowest BCUT2D eigenvalue weighted by Crippen LogP contribution is -2.48. The SMILES string of the molecule is C.O=C1C(=O)c2ccccc2C2=C1SCC1(CCC3(CC1)OCCO3)O2.O=C1CCC2(CC1)CSC1=C(O2)c2ccccc2C(=O)C1=O. The van der Waals surface area contributed by atoms with Crippen molar-refractivity contribution >= 4 is 64.0 Å². The van der Waals surface area contributed by atoms with E-state index in [1.165, 1.54) is 23.5 Å². The number of carbonyl (C=O) groups excluding carboxylic acids is 5. The van der Waals surface area contributed by atoms with Crippen LogP contribution in [0.3, 0.4) is 0 Å². The molecule has 9 nitrogen and oxygen atoms in total. The van der Waals surface area contributed by atoms with E-state index in [1.54, 1.807) is 24.3 Å². The van der Waals surface area contributed by atoms with Crippen LogP contribution in [0.2, 0.25) is 0 Å². The Labute approximate surface area is 287 Å². The van der Waals surface area contributed by atoms with Crippen molar-refractivity contribution in [3.63, 3.8) is 0 Å². The Morgan fingerprint density at radius 2 is 0.938 bits per heavy atom. The van der Waals surface area contributed by atoms with Crippen molar-refractivity contribution < 1.29 is 42.9 Å². The molecule has 2 aromatic carbocycles. The third-order valence-corrected chi connectivity index (χ3v) is 12.8. The molecule has 3 spiro atoms. The summed E-state index contributed by atoms with van der Waals surface area (Å²) in [5.41, 5.74) is 1.59. The number of hydrogen-bond donors (Lipinski definition) is 0. The average molecular weight is 689 g/mol. The Balaban J connectivity index is 0.000000150. The number of rotatable bonds is 0. The van der Waals surface area contributed by atoms with Gasteiger partial charge in [0.2, 0.25) is 23.1 Å². The van der Waals surface area contributed by atoms with Crippen molar-refractivity contribution in [1.82, 2.24) is 0 Å². The van der Waals surface area contributed by atoms with Gasteiger partial charge < -0.3 is 18.9 Å². The molecule has 9 rings (SSSR count). The summed E-state index contributed by atoms with van der Waals surface area (Å²) in [4.78, 5) is 61.6. The Morgan fingerprint density at radius 1 is 0.521 bits per heavy atom. The molecule has 0 unspecified atom stereocenters. The fraction of sp³-hybridized carbons (Fsp3) is 0.432. The molecule has 0 aromatic heterocycles. The van der Waals surface area contributed by atoms with Crippen LogP contribution in [0.1, 0.15) is 90.6 Å². The van der Waals surface area contributed by atoms with Gasteiger partial charge in [0.05, 0.1) is 13.2 Å². The first-order chi connectivity index (χ1) is 22.7. The van der Waals surface area contributed by atoms with Gasteiger partial charge in [0.1, 0.15) is 38.3 Å². The van der Waals surface area contributed by atoms with Gasteiger partial charge >= 0.3 is 0 Å². The maximum atomic E-state index is 12.4. The van der Waals surface area contributed by atoms with Gasteiger partial charge in [0.15, 0.2) is 5.79 Å². The zero-order chi connectivity index (χ0) is 32.4. The lowest BCUT2D eigenvalue weighted by Gasteiger charge is -2.46. The van der Waals surface area contributed by atoms with Crippen molar-refractivity contribution in [2.45, 2.75) is 75.8 Å². The van der Waals surface area contributed by atoms with Gasteiger partial charge in [-0.25, -0.2) is 0 Å². The summed E-state index contributed by atoms with van der Waals surface area (Å²) in [6.45, 7) is 1.31. The number of fused-ring (bicyclic) bond motifs is 4. The van der Waals surface area contributed by atoms with Crippen LogP contribution >= 0.6 is 23.5 Å². The highest BCUT2D eigenvalue weighted by Gasteiger charge is 2.51. The standard InChI is InChI=1S/C19H18O5S.C17H14O4S.CH4/c20-14-12-3-1-2-4-13(12)16-17(15(14)21)25-11-18(24-16)5-7-19(8-6-18)22-9-10-23-19;18-10-5-7-17(8-6-10)9-22-16-14(20)13(19)11-3-1-2-4-12(11)15(16)21-17;/h1-4H,5-11H2;1-4H,5-9H2;1H4. The molecule has 0 N–H and O–H groups in total. The molecule has 2 aromatic rings.